The standard InChI is InChI=1S/C9H11F3O/c10-9(11,12)8(13)6-7-4-2-1-3-5-7/h1-2,7H,3-6H2. The van der Waals surface area contributed by atoms with Crippen molar-refractivity contribution >= 4 is 5.78 Å². The number of Topliss-reactive ketones (excluding diaryl/α,β-unsaturated/α-hetero) is 1. The average Bonchev–Trinajstić information content (AvgIpc) is 2.04. The van der Waals surface area contributed by atoms with Gasteiger partial charge in [0.05, 0.1) is 0 Å². The third kappa shape index (κ3) is 3.20. The van der Waals surface area contributed by atoms with Crippen LogP contribution in [-0.2, 0) is 4.79 Å². The van der Waals surface area contributed by atoms with E-state index in [1.807, 2.05) is 12.2 Å². The van der Waals surface area contributed by atoms with E-state index in [-0.39, 0.29) is 12.3 Å². The summed E-state index contributed by atoms with van der Waals surface area (Å²) in [5.74, 6) is -1.70. The lowest BCUT2D eigenvalue weighted by Crippen LogP contribution is -2.25. The molecule has 0 heterocycles. The second kappa shape index (κ2) is 3.94. The monoisotopic (exact) mass is 192 g/mol. The number of ketones is 1. The molecule has 0 aromatic heterocycles. The van der Waals surface area contributed by atoms with Crippen LogP contribution in [0, 0.1) is 5.92 Å². The van der Waals surface area contributed by atoms with Gasteiger partial charge < -0.3 is 0 Å². The van der Waals surface area contributed by atoms with Gasteiger partial charge in [0.25, 0.3) is 0 Å². The number of carbonyl (C=O) groups excluding carboxylic acids is 1. The molecule has 1 rings (SSSR count). The first kappa shape index (κ1) is 10.3. The van der Waals surface area contributed by atoms with Crippen LogP contribution in [0.3, 0.4) is 0 Å². The van der Waals surface area contributed by atoms with Gasteiger partial charge in [-0.15, -0.1) is 0 Å². The Bertz CT molecular complexity index is 217. The zero-order valence-electron chi connectivity index (χ0n) is 7.10. The molecule has 1 atom stereocenters. The minimum Gasteiger partial charge on any atom is -0.290 e. The maximum Gasteiger partial charge on any atom is 0.449 e. The molecule has 1 unspecified atom stereocenters. The zero-order valence-corrected chi connectivity index (χ0v) is 7.10. The first-order valence-electron chi connectivity index (χ1n) is 4.25. The van der Waals surface area contributed by atoms with E-state index in [1.54, 1.807) is 0 Å². The van der Waals surface area contributed by atoms with E-state index < -0.39 is 12.0 Å². The predicted molar refractivity (Wildman–Crippen MR) is 42.2 cm³/mol. The van der Waals surface area contributed by atoms with Gasteiger partial charge in [0.1, 0.15) is 0 Å². The van der Waals surface area contributed by atoms with E-state index in [2.05, 4.69) is 0 Å². The molecule has 1 nitrogen and oxygen atoms in total. The van der Waals surface area contributed by atoms with Crippen LogP contribution >= 0.6 is 0 Å². The van der Waals surface area contributed by atoms with Crippen molar-refractivity contribution in [2.24, 2.45) is 5.92 Å². The van der Waals surface area contributed by atoms with Crippen LogP contribution in [0.1, 0.15) is 25.7 Å². The van der Waals surface area contributed by atoms with Gasteiger partial charge in [0, 0.05) is 6.42 Å². The summed E-state index contributed by atoms with van der Waals surface area (Å²) in [5.41, 5.74) is 0. The maximum absolute atomic E-state index is 11.8. The quantitative estimate of drug-likeness (QED) is 0.615. The number of alkyl halides is 3. The Labute approximate surface area is 74.6 Å². The molecule has 0 fully saturated rings. The van der Waals surface area contributed by atoms with Gasteiger partial charge in [-0.05, 0) is 25.2 Å². The van der Waals surface area contributed by atoms with Crippen molar-refractivity contribution in [2.75, 3.05) is 0 Å². The lowest BCUT2D eigenvalue weighted by molar-refractivity contribution is -0.172. The molecule has 0 aliphatic heterocycles. The minimum atomic E-state index is -4.65. The number of hydrogen-bond acceptors (Lipinski definition) is 1. The molecule has 0 N–H and O–H groups in total. The van der Waals surface area contributed by atoms with Crippen LogP contribution in [0.15, 0.2) is 12.2 Å². The Morgan fingerprint density at radius 3 is 2.54 bits per heavy atom. The first-order chi connectivity index (χ1) is 6.00. The number of carbonyl (C=O) groups is 1. The van der Waals surface area contributed by atoms with Crippen LogP contribution in [0.4, 0.5) is 13.2 Å². The summed E-state index contributed by atoms with van der Waals surface area (Å²) >= 11 is 0. The predicted octanol–water partition coefficient (Wildman–Crippen LogP) is 2.86. The van der Waals surface area contributed by atoms with Gasteiger partial charge >= 0.3 is 6.18 Å². The Balaban J connectivity index is 2.40. The first-order valence-corrected chi connectivity index (χ1v) is 4.25. The normalized spacial score (nSPS) is 23.2. The third-order valence-corrected chi connectivity index (χ3v) is 2.17. The molecule has 0 saturated carbocycles. The van der Waals surface area contributed by atoms with Gasteiger partial charge in [-0.25, -0.2) is 0 Å². The van der Waals surface area contributed by atoms with E-state index in [0.29, 0.717) is 12.8 Å². The SMILES string of the molecule is O=C(CC1CC=CCC1)C(F)(F)F. The van der Waals surface area contributed by atoms with E-state index in [9.17, 15) is 18.0 Å². The molecule has 0 bridgehead atoms. The molecule has 0 saturated heterocycles. The minimum absolute atomic E-state index is 0.112. The molecule has 0 radical (unpaired) electrons. The molecule has 0 amide bonds. The second-order valence-corrected chi connectivity index (χ2v) is 3.28. The fourth-order valence-electron chi connectivity index (χ4n) is 1.42. The summed E-state index contributed by atoms with van der Waals surface area (Å²) in [6.45, 7) is 0. The number of allylic oxidation sites excluding steroid dienone is 2. The van der Waals surface area contributed by atoms with Gasteiger partial charge in [0.15, 0.2) is 0 Å². The fourth-order valence-corrected chi connectivity index (χ4v) is 1.42. The summed E-state index contributed by atoms with van der Waals surface area (Å²) in [4.78, 5) is 10.6. The molecule has 13 heavy (non-hydrogen) atoms. The van der Waals surface area contributed by atoms with Crippen LogP contribution in [0.25, 0.3) is 0 Å². The molecule has 0 aromatic carbocycles. The summed E-state index contributed by atoms with van der Waals surface area (Å²) < 4.78 is 35.5. The summed E-state index contributed by atoms with van der Waals surface area (Å²) in [5, 5.41) is 0. The van der Waals surface area contributed by atoms with Gasteiger partial charge in [-0.3, -0.25) is 4.79 Å². The van der Waals surface area contributed by atoms with Crippen molar-refractivity contribution in [1.82, 2.24) is 0 Å². The van der Waals surface area contributed by atoms with Crippen molar-refractivity contribution in [1.29, 1.82) is 0 Å². The van der Waals surface area contributed by atoms with Crippen molar-refractivity contribution in [2.45, 2.75) is 31.9 Å². The highest BCUT2D eigenvalue weighted by Gasteiger charge is 2.38. The van der Waals surface area contributed by atoms with Crippen molar-refractivity contribution in [3.8, 4) is 0 Å². The average molecular weight is 192 g/mol. The summed E-state index contributed by atoms with van der Waals surface area (Å²) in [7, 11) is 0. The van der Waals surface area contributed by atoms with Crippen molar-refractivity contribution < 1.29 is 18.0 Å². The van der Waals surface area contributed by atoms with Gasteiger partial charge in [0.2, 0.25) is 5.78 Å². The molecule has 0 aromatic rings. The second-order valence-electron chi connectivity index (χ2n) is 3.28. The Hall–Kier alpha value is -0.800. The van der Waals surface area contributed by atoms with Crippen LogP contribution < -0.4 is 0 Å². The largest absolute Gasteiger partial charge is 0.449 e. The Morgan fingerprint density at radius 2 is 2.08 bits per heavy atom. The van der Waals surface area contributed by atoms with Gasteiger partial charge in [-0.1, -0.05) is 12.2 Å². The van der Waals surface area contributed by atoms with Crippen LogP contribution in [0.5, 0.6) is 0 Å². The number of rotatable bonds is 2. The Kier molecular flexibility index (Phi) is 3.12. The summed E-state index contributed by atoms with van der Waals surface area (Å²) in [6.07, 6.45) is 0.858. The van der Waals surface area contributed by atoms with Crippen LogP contribution in [-0.4, -0.2) is 12.0 Å². The van der Waals surface area contributed by atoms with E-state index in [4.69, 9.17) is 0 Å². The molecule has 1 aliphatic rings. The molecule has 74 valence electrons. The molecule has 1 aliphatic carbocycles. The van der Waals surface area contributed by atoms with E-state index in [1.165, 1.54) is 0 Å². The topological polar surface area (TPSA) is 17.1 Å². The van der Waals surface area contributed by atoms with E-state index in [0.717, 1.165) is 6.42 Å². The Morgan fingerprint density at radius 1 is 1.38 bits per heavy atom. The third-order valence-electron chi connectivity index (χ3n) is 2.17. The molecular weight excluding hydrogens is 181 g/mol. The van der Waals surface area contributed by atoms with Crippen molar-refractivity contribution in [3.63, 3.8) is 0 Å². The van der Waals surface area contributed by atoms with Gasteiger partial charge in [-0.2, -0.15) is 13.2 Å². The number of halogens is 3. The maximum atomic E-state index is 11.8. The highest BCUT2D eigenvalue weighted by molar-refractivity contribution is 5.84. The lowest BCUT2D eigenvalue weighted by Gasteiger charge is -2.17. The smallest absolute Gasteiger partial charge is 0.290 e. The molecular formula is C9H11F3O. The highest BCUT2D eigenvalue weighted by atomic mass is 19.4. The molecule has 4 heteroatoms. The lowest BCUT2D eigenvalue weighted by atomic mass is 9.90. The zero-order chi connectivity index (χ0) is 9.90. The number of hydrogen-bond donors (Lipinski definition) is 0. The summed E-state index contributed by atoms with van der Waals surface area (Å²) in [6, 6.07) is 0. The van der Waals surface area contributed by atoms with Crippen LogP contribution in [0.2, 0.25) is 0 Å². The van der Waals surface area contributed by atoms with Crippen molar-refractivity contribution in [3.05, 3.63) is 12.2 Å². The molecule has 0 spiro atoms. The van der Waals surface area contributed by atoms with E-state index >= 15 is 0 Å². The fraction of sp³-hybridized carbons (Fsp3) is 0.667. The highest BCUT2D eigenvalue weighted by Crippen LogP contribution is 2.26.